The highest BCUT2D eigenvalue weighted by atomic mass is 16.5. The molecule has 0 fully saturated rings. The molecule has 2 heterocycles. The van der Waals surface area contributed by atoms with Crippen LogP contribution < -0.4 is 4.74 Å². The smallest absolute Gasteiger partial charge is 0.153 e. The number of hydrogen-bond acceptors (Lipinski definition) is 2. The van der Waals surface area contributed by atoms with Crippen molar-refractivity contribution in [3.05, 3.63) is 170 Å². The second-order valence-electron chi connectivity index (χ2n) is 12.5. The van der Waals surface area contributed by atoms with E-state index in [9.17, 15) is 0 Å². The van der Waals surface area contributed by atoms with Crippen LogP contribution in [0.25, 0.3) is 83.0 Å². The Kier molecular flexibility index (Phi) is 5.87. The molecule has 0 aliphatic carbocycles. The molecule has 1 aromatic heterocycles. The molecule has 0 unspecified atom stereocenters. The van der Waals surface area contributed by atoms with Gasteiger partial charge in [-0.2, -0.15) is 0 Å². The van der Waals surface area contributed by atoms with Gasteiger partial charge in [0, 0.05) is 5.56 Å². The maximum Gasteiger partial charge on any atom is 0.153 e. The van der Waals surface area contributed by atoms with Gasteiger partial charge < -0.3 is 4.74 Å². The summed E-state index contributed by atoms with van der Waals surface area (Å²) < 4.78 is 8.87. The summed E-state index contributed by atoms with van der Waals surface area (Å²) in [4.78, 5) is 5.05. The summed E-state index contributed by atoms with van der Waals surface area (Å²) in [5.74, 6) is 2.53. The molecule has 3 heteroatoms. The lowest BCUT2D eigenvalue weighted by Crippen LogP contribution is -2.06. The van der Waals surface area contributed by atoms with E-state index in [0.29, 0.717) is 0 Å². The van der Waals surface area contributed by atoms with Crippen LogP contribution in [0.2, 0.25) is 0 Å². The molecule has 0 saturated carbocycles. The predicted molar refractivity (Wildman–Crippen MR) is 198 cm³/mol. The van der Waals surface area contributed by atoms with Crippen molar-refractivity contribution in [1.29, 1.82) is 0 Å². The largest absolute Gasteiger partial charge is 0.453 e. The number of rotatable bonds is 4. The van der Waals surface area contributed by atoms with Crippen LogP contribution in [0, 0.1) is 0 Å². The van der Waals surface area contributed by atoms with E-state index in [4.69, 9.17) is 9.72 Å². The summed E-state index contributed by atoms with van der Waals surface area (Å²) in [6, 6.07) is 60.5. The number of nitrogens with zero attached hydrogens (tertiary/aromatic N) is 2. The van der Waals surface area contributed by atoms with Gasteiger partial charge in [0.05, 0.1) is 11.2 Å². The van der Waals surface area contributed by atoms with Crippen molar-refractivity contribution in [1.82, 2.24) is 9.55 Å². The predicted octanol–water partition coefficient (Wildman–Crippen LogP) is 12.1. The Balaban J connectivity index is 1.16. The number of aromatic nitrogens is 2. The Morgan fingerprint density at radius 1 is 0.375 bits per heavy atom. The molecule has 3 nitrogen and oxygen atoms in total. The van der Waals surface area contributed by atoms with Crippen LogP contribution >= 0.6 is 0 Å². The molecule has 9 aromatic rings. The second-order valence-corrected chi connectivity index (χ2v) is 12.5. The van der Waals surface area contributed by atoms with E-state index < -0.39 is 0 Å². The van der Waals surface area contributed by atoms with Gasteiger partial charge in [0.2, 0.25) is 0 Å². The molecule has 0 amide bonds. The molecule has 1 aliphatic rings. The average molecular weight is 613 g/mol. The standard InChI is InChI=1S/C45H28N2O/c1-2-11-31(12-3-1)45-46-40-15-8-16-42-44(40)47(45)41-22-21-36(28-43(41)48-42)39-26-37(34-19-17-29-9-4-6-13-32(29)23-34)25-38(27-39)35-20-18-30-10-5-7-14-33(30)24-35/h1-28H. The maximum absolute atomic E-state index is 6.63. The summed E-state index contributed by atoms with van der Waals surface area (Å²) in [5.41, 5.74) is 10.9. The van der Waals surface area contributed by atoms with Gasteiger partial charge in [0.15, 0.2) is 11.5 Å². The molecule has 0 N–H and O–H groups in total. The fraction of sp³-hybridized carbons (Fsp3) is 0. The van der Waals surface area contributed by atoms with Crippen molar-refractivity contribution in [3.63, 3.8) is 0 Å². The first-order valence-corrected chi connectivity index (χ1v) is 16.3. The lowest BCUT2D eigenvalue weighted by molar-refractivity contribution is 0.476. The zero-order chi connectivity index (χ0) is 31.6. The Hall–Kier alpha value is -6.45. The van der Waals surface area contributed by atoms with Crippen LogP contribution in [0.1, 0.15) is 0 Å². The fourth-order valence-corrected chi connectivity index (χ4v) is 7.14. The van der Waals surface area contributed by atoms with E-state index in [0.717, 1.165) is 50.7 Å². The van der Waals surface area contributed by atoms with E-state index in [1.807, 2.05) is 18.2 Å². The molecular weight excluding hydrogens is 585 g/mol. The molecule has 0 bridgehead atoms. The van der Waals surface area contributed by atoms with Gasteiger partial charge in [-0.05, 0) is 110 Å². The molecule has 8 aromatic carbocycles. The summed E-state index contributed by atoms with van der Waals surface area (Å²) in [7, 11) is 0. The second kappa shape index (κ2) is 10.5. The Morgan fingerprint density at radius 2 is 0.938 bits per heavy atom. The first-order chi connectivity index (χ1) is 23.7. The minimum absolute atomic E-state index is 0.811. The topological polar surface area (TPSA) is 27.1 Å². The van der Waals surface area contributed by atoms with Gasteiger partial charge in [-0.15, -0.1) is 0 Å². The SMILES string of the molecule is c1ccc(-c2nc3cccc4c3n2-c2ccc(-c3cc(-c5ccc6ccccc6c5)cc(-c5ccc6ccccc6c5)c3)cc2O4)cc1. The van der Waals surface area contributed by atoms with Crippen LogP contribution in [0.4, 0.5) is 0 Å². The van der Waals surface area contributed by atoms with Crippen LogP contribution in [0.3, 0.4) is 0 Å². The zero-order valence-electron chi connectivity index (χ0n) is 26.0. The maximum atomic E-state index is 6.63. The van der Waals surface area contributed by atoms with Crippen LogP contribution in [-0.2, 0) is 0 Å². The van der Waals surface area contributed by atoms with Gasteiger partial charge in [-0.3, -0.25) is 4.57 Å². The van der Waals surface area contributed by atoms with E-state index in [2.05, 4.69) is 156 Å². The van der Waals surface area contributed by atoms with E-state index >= 15 is 0 Å². The Morgan fingerprint density at radius 3 is 1.58 bits per heavy atom. The monoisotopic (exact) mass is 612 g/mol. The Bertz CT molecular complexity index is 2610. The van der Waals surface area contributed by atoms with Crippen molar-refractivity contribution in [2.45, 2.75) is 0 Å². The van der Waals surface area contributed by atoms with Gasteiger partial charge in [0.25, 0.3) is 0 Å². The van der Waals surface area contributed by atoms with Gasteiger partial charge in [-0.25, -0.2) is 4.98 Å². The van der Waals surface area contributed by atoms with Crippen molar-refractivity contribution in [2.75, 3.05) is 0 Å². The van der Waals surface area contributed by atoms with Gasteiger partial charge >= 0.3 is 0 Å². The molecule has 10 rings (SSSR count). The number of fused-ring (bicyclic) bond motifs is 4. The highest BCUT2D eigenvalue weighted by Gasteiger charge is 2.25. The van der Waals surface area contributed by atoms with Gasteiger partial charge in [-0.1, -0.05) is 115 Å². The number of hydrogen-bond donors (Lipinski definition) is 0. The van der Waals surface area contributed by atoms with Crippen LogP contribution in [-0.4, -0.2) is 9.55 Å². The van der Waals surface area contributed by atoms with Crippen LogP contribution in [0.15, 0.2) is 170 Å². The van der Waals surface area contributed by atoms with Gasteiger partial charge in [0.1, 0.15) is 11.3 Å². The normalized spacial score (nSPS) is 11.9. The van der Waals surface area contributed by atoms with Crippen molar-refractivity contribution >= 4 is 32.6 Å². The number of imidazole rings is 1. The van der Waals surface area contributed by atoms with Crippen LogP contribution in [0.5, 0.6) is 11.5 Å². The molecule has 1 aliphatic heterocycles. The highest BCUT2D eigenvalue weighted by Crippen LogP contribution is 2.45. The third-order valence-corrected chi connectivity index (χ3v) is 9.52. The third-order valence-electron chi connectivity index (χ3n) is 9.52. The summed E-state index contributed by atoms with van der Waals surface area (Å²) in [6.45, 7) is 0. The zero-order valence-corrected chi connectivity index (χ0v) is 26.0. The number of para-hydroxylation sites is 1. The molecule has 48 heavy (non-hydrogen) atoms. The summed E-state index contributed by atoms with van der Waals surface area (Å²) >= 11 is 0. The summed E-state index contributed by atoms with van der Waals surface area (Å²) in [6.07, 6.45) is 0. The number of benzene rings is 8. The first-order valence-electron chi connectivity index (χ1n) is 16.3. The molecule has 0 saturated heterocycles. The quantitative estimate of drug-likeness (QED) is 0.198. The minimum atomic E-state index is 0.811. The lowest BCUT2D eigenvalue weighted by Gasteiger charge is -2.22. The molecule has 224 valence electrons. The third kappa shape index (κ3) is 4.33. The lowest BCUT2D eigenvalue weighted by atomic mass is 9.91. The fourth-order valence-electron chi connectivity index (χ4n) is 7.14. The molecular formula is C45H28N2O. The van der Waals surface area contributed by atoms with E-state index in [1.165, 1.54) is 43.8 Å². The molecule has 0 spiro atoms. The molecule has 0 radical (unpaired) electrons. The average Bonchev–Trinajstić information content (AvgIpc) is 3.55. The highest BCUT2D eigenvalue weighted by molar-refractivity contribution is 5.93. The van der Waals surface area contributed by atoms with Crippen molar-refractivity contribution in [2.24, 2.45) is 0 Å². The van der Waals surface area contributed by atoms with E-state index in [1.54, 1.807) is 0 Å². The first kappa shape index (κ1) is 26.7. The minimum Gasteiger partial charge on any atom is -0.453 e. The van der Waals surface area contributed by atoms with Crippen molar-refractivity contribution < 1.29 is 4.74 Å². The van der Waals surface area contributed by atoms with Crippen molar-refractivity contribution in [3.8, 4) is 62.0 Å². The Labute approximate surface area is 278 Å². The summed E-state index contributed by atoms with van der Waals surface area (Å²) in [5, 5.41) is 4.94. The molecule has 0 atom stereocenters. The van der Waals surface area contributed by atoms with E-state index in [-0.39, 0.29) is 0 Å². The number of ether oxygens (including phenoxy) is 1.